The Bertz CT molecular complexity index is 679. The van der Waals surface area contributed by atoms with Crippen LogP contribution < -0.4 is 9.47 Å². The lowest BCUT2D eigenvalue weighted by Crippen LogP contribution is -2.63. The third-order valence-corrected chi connectivity index (χ3v) is 5.57. The van der Waals surface area contributed by atoms with Gasteiger partial charge in [0, 0.05) is 13.1 Å². The van der Waals surface area contributed by atoms with E-state index in [1.807, 2.05) is 0 Å². The molecule has 2 heterocycles. The maximum atomic E-state index is 11.9. The topological polar surface area (TPSA) is 77.5 Å². The molecule has 1 saturated heterocycles. The molecule has 2 fully saturated rings. The normalized spacial score (nSPS) is 25.0. The monoisotopic (exact) mass is 363 g/mol. The summed E-state index contributed by atoms with van der Waals surface area (Å²) in [6.45, 7) is 2.93. The maximum Gasteiger partial charge on any atom is 0.341 e. The van der Waals surface area contributed by atoms with Gasteiger partial charge < -0.3 is 24.1 Å². The van der Waals surface area contributed by atoms with Gasteiger partial charge >= 0.3 is 5.97 Å². The number of fused-ring (bicyclic) bond motifs is 1. The van der Waals surface area contributed by atoms with Crippen molar-refractivity contribution in [1.29, 1.82) is 0 Å². The molecular weight excluding hydrogens is 338 g/mol. The molecule has 3 aliphatic rings. The van der Waals surface area contributed by atoms with E-state index in [1.54, 1.807) is 6.07 Å². The van der Waals surface area contributed by atoms with E-state index < -0.39 is 11.6 Å². The Labute approximate surface area is 152 Å². The molecule has 0 aromatic heterocycles. The van der Waals surface area contributed by atoms with Crippen LogP contribution in [-0.4, -0.2) is 61.2 Å². The van der Waals surface area contributed by atoms with Crippen molar-refractivity contribution in [3.05, 3.63) is 17.7 Å². The summed E-state index contributed by atoms with van der Waals surface area (Å²) in [5.74, 6) is -0.0937. The summed E-state index contributed by atoms with van der Waals surface area (Å²) in [6, 6.07) is 3.18. The Hall–Kier alpha value is -1.99. The molecule has 1 aromatic carbocycles. The number of rotatable bonds is 2. The van der Waals surface area contributed by atoms with Gasteiger partial charge in [-0.25, -0.2) is 4.79 Å². The highest BCUT2D eigenvalue weighted by atomic mass is 16.6. The quantitative estimate of drug-likeness (QED) is 0.808. The Morgan fingerprint density at radius 3 is 2.65 bits per heavy atom. The van der Waals surface area contributed by atoms with Crippen LogP contribution in [0.15, 0.2) is 12.1 Å². The third-order valence-electron chi connectivity index (χ3n) is 5.57. The van der Waals surface area contributed by atoms with Crippen molar-refractivity contribution in [2.24, 2.45) is 0 Å². The van der Waals surface area contributed by atoms with E-state index in [9.17, 15) is 9.90 Å². The minimum Gasteiger partial charge on any atom is -0.504 e. The molecule has 0 unspecified atom stereocenters. The van der Waals surface area contributed by atoms with Crippen molar-refractivity contribution < 1.29 is 28.8 Å². The first-order valence-electron chi connectivity index (χ1n) is 9.26. The number of hydrogen-bond acceptors (Lipinski definition) is 7. The first-order valence-corrected chi connectivity index (χ1v) is 9.26. The number of morpholine rings is 1. The molecule has 1 spiro atoms. The summed E-state index contributed by atoms with van der Waals surface area (Å²) in [5, 5.41) is 10.6. The van der Waals surface area contributed by atoms with Gasteiger partial charge in [0.1, 0.15) is 5.56 Å². The number of hydrogen-bond donors (Lipinski definition) is 1. The van der Waals surface area contributed by atoms with Crippen LogP contribution in [0.5, 0.6) is 17.2 Å². The molecule has 1 saturated carbocycles. The molecule has 0 amide bonds. The summed E-state index contributed by atoms with van der Waals surface area (Å²) in [5.41, 5.74) is -0.430. The number of nitrogens with zero attached hydrogens (tertiary/aromatic N) is 1. The predicted molar refractivity (Wildman–Crippen MR) is 92.7 cm³/mol. The van der Waals surface area contributed by atoms with Gasteiger partial charge in [0.15, 0.2) is 23.3 Å². The third kappa shape index (κ3) is 2.89. The molecule has 1 aliphatic carbocycles. The van der Waals surface area contributed by atoms with Gasteiger partial charge in [-0.05, 0) is 37.8 Å². The van der Waals surface area contributed by atoms with Crippen molar-refractivity contribution in [3.8, 4) is 17.2 Å². The van der Waals surface area contributed by atoms with Crippen LogP contribution in [0.1, 0.15) is 42.5 Å². The lowest BCUT2D eigenvalue weighted by Gasteiger charge is -2.50. The van der Waals surface area contributed by atoms with Crippen molar-refractivity contribution in [3.63, 3.8) is 0 Å². The minimum absolute atomic E-state index is 0.0885. The van der Waals surface area contributed by atoms with Crippen LogP contribution in [0.4, 0.5) is 0 Å². The fraction of sp³-hybridized carbons (Fsp3) is 0.632. The predicted octanol–water partition coefficient (Wildman–Crippen LogP) is 2.31. The van der Waals surface area contributed by atoms with Crippen LogP contribution >= 0.6 is 0 Å². The van der Waals surface area contributed by atoms with E-state index in [0.717, 1.165) is 38.8 Å². The van der Waals surface area contributed by atoms with Gasteiger partial charge in [-0.2, -0.15) is 0 Å². The number of methoxy groups -OCH3 is 1. The molecule has 4 rings (SSSR count). The van der Waals surface area contributed by atoms with Crippen LogP contribution in [0, 0.1) is 0 Å². The van der Waals surface area contributed by atoms with Crippen LogP contribution in [-0.2, 0) is 9.47 Å². The Morgan fingerprint density at radius 1 is 1.23 bits per heavy atom. The number of esters is 1. The van der Waals surface area contributed by atoms with Crippen LogP contribution in [0.2, 0.25) is 0 Å². The van der Waals surface area contributed by atoms with E-state index in [1.165, 1.54) is 19.6 Å². The van der Waals surface area contributed by atoms with Crippen molar-refractivity contribution >= 4 is 5.97 Å². The fourth-order valence-electron chi connectivity index (χ4n) is 4.22. The molecular formula is C19H25NO6. The summed E-state index contributed by atoms with van der Waals surface area (Å²) >= 11 is 0. The van der Waals surface area contributed by atoms with Crippen molar-refractivity contribution in [1.82, 2.24) is 4.90 Å². The average molecular weight is 363 g/mol. The molecule has 7 nitrogen and oxygen atoms in total. The molecule has 1 N–H and O–H groups in total. The van der Waals surface area contributed by atoms with Crippen LogP contribution in [0.25, 0.3) is 0 Å². The zero-order valence-electron chi connectivity index (χ0n) is 15.0. The van der Waals surface area contributed by atoms with Crippen molar-refractivity contribution in [2.45, 2.75) is 43.9 Å². The van der Waals surface area contributed by atoms with Crippen LogP contribution in [0.3, 0.4) is 0 Å². The van der Waals surface area contributed by atoms with Gasteiger partial charge in [0.05, 0.1) is 20.3 Å². The number of benzene rings is 1. The Balaban J connectivity index is 1.72. The largest absolute Gasteiger partial charge is 0.504 e. The molecule has 142 valence electrons. The number of ether oxygens (including phenoxy) is 4. The first kappa shape index (κ1) is 17.4. The van der Waals surface area contributed by atoms with E-state index in [4.69, 9.17) is 18.9 Å². The van der Waals surface area contributed by atoms with Gasteiger partial charge in [-0.1, -0.05) is 6.42 Å². The standard InChI is InChI=1S/C19H25NO6/c1-23-17(22)13-5-6-14-16(15(13)21)26-19(7-3-2-4-8-19)18(25-14)20-9-11-24-12-10-20/h5-6,18,21H,2-4,7-12H2,1H3/t18-/m0/s1. The average Bonchev–Trinajstić information content (AvgIpc) is 2.69. The minimum atomic E-state index is -0.595. The summed E-state index contributed by atoms with van der Waals surface area (Å²) in [4.78, 5) is 14.2. The Kier molecular flexibility index (Phi) is 4.67. The highest BCUT2D eigenvalue weighted by molar-refractivity contribution is 5.94. The number of phenolic OH excluding ortho intramolecular Hbond substituents is 1. The lowest BCUT2D eigenvalue weighted by atomic mass is 9.81. The number of phenols is 1. The summed E-state index contributed by atoms with van der Waals surface area (Å²) in [7, 11) is 1.29. The fourth-order valence-corrected chi connectivity index (χ4v) is 4.22. The zero-order valence-corrected chi connectivity index (χ0v) is 15.0. The first-order chi connectivity index (χ1) is 12.6. The molecule has 1 atom stereocenters. The SMILES string of the molecule is COC(=O)c1ccc2c(c1O)OC1(CCCCC1)[C@@H](N1CCOCC1)O2. The second kappa shape index (κ2) is 6.96. The maximum absolute atomic E-state index is 11.9. The highest BCUT2D eigenvalue weighted by Gasteiger charge is 2.51. The molecule has 7 heteroatoms. The molecule has 0 radical (unpaired) electrons. The number of carbonyl (C=O) groups is 1. The molecule has 1 aromatic rings. The van der Waals surface area contributed by atoms with Gasteiger partial charge in [0.2, 0.25) is 5.75 Å². The van der Waals surface area contributed by atoms with E-state index >= 15 is 0 Å². The second-order valence-electron chi connectivity index (χ2n) is 7.13. The highest BCUT2D eigenvalue weighted by Crippen LogP contribution is 2.50. The van der Waals surface area contributed by atoms with E-state index in [0.29, 0.717) is 19.0 Å². The van der Waals surface area contributed by atoms with E-state index in [-0.39, 0.29) is 23.3 Å². The number of carbonyl (C=O) groups excluding carboxylic acids is 1. The van der Waals surface area contributed by atoms with Gasteiger partial charge in [-0.3, -0.25) is 4.90 Å². The van der Waals surface area contributed by atoms with Gasteiger partial charge in [0.25, 0.3) is 0 Å². The molecule has 2 aliphatic heterocycles. The van der Waals surface area contributed by atoms with E-state index in [2.05, 4.69) is 4.90 Å². The summed E-state index contributed by atoms with van der Waals surface area (Å²) in [6.07, 6.45) is 4.77. The summed E-state index contributed by atoms with van der Waals surface area (Å²) < 4.78 is 23.0. The molecule has 26 heavy (non-hydrogen) atoms. The Morgan fingerprint density at radius 2 is 1.96 bits per heavy atom. The molecule has 0 bridgehead atoms. The second-order valence-corrected chi connectivity index (χ2v) is 7.13. The van der Waals surface area contributed by atoms with Crippen molar-refractivity contribution in [2.75, 3.05) is 33.4 Å². The zero-order chi connectivity index (χ0) is 18.1. The number of aromatic hydroxyl groups is 1. The lowest BCUT2D eigenvalue weighted by molar-refractivity contribution is -0.171. The smallest absolute Gasteiger partial charge is 0.341 e. The van der Waals surface area contributed by atoms with Gasteiger partial charge in [-0.15, -0.1) is 0 Å².